The van der Waals surface area contributed by atoms with Gasteiger partial charge in [-0.3, -0.25) is 9.79 Å². The lowest BCUT2D eigenvalue weighted by atomic mass is 10.1. The number of halogens is 3. The van der Waals surface area contributed by atoms with Crippen LogP contribution < -0.4 is 16.0 Å². The van der Waals surface area contributed by atoms with Crippen LogP contribution in [0.2, 0.25) is 0 Å². The molecule has 0 saturated carbocycles. The smallest absolute Gasteiger partial charge is 0.221 e. The van der Waals surface area contributed by atoms with Crippen LogP contribution in [0.15, 0.2) is 27.7 Å². The summed E-state index contributed by atoms with van der Waals surface area (Å²) in [5.74, 6) is 0.500. The molecule has 3 N–H and O–H groups in total. The van der Waals surface area contributed by atoms with E-state index in [1.54, 1.807) is 6.07 Å². The van der Waals surface area contributed by atoms with E-state index in [0.717, 1.165) is 17.4 Å². The minimum Gasteiger partial charge on any atom is -0.357 e. The number of hydrogen-bond acceptors (Lipinski definition) is 2. The number of nitrogens with one attached hydrogen (secondary N) is 3. The number of amides is 1. The Balaban J connectivity index is 0.00000625. The van der Waals surface area contributed by atoms with Crippen LogP contribution in [0.4, 0.5) is 4.39 Å². The van der Waals surface area contributed by atoms with Crippen molar-refractivity contribution in [3.8, 4) is 0 Å². The van der Waals surface area contributed by atoms with Gasteiger partial charge >= 0.3 is 0 Å². The molecule has 1 aromatic carbocycles. The molecule has 1 rings (SSSR count). The zero-order valence-corrected chi connectivity index (χ0v) is 19.5. The molecule has 8 heteroatoms. The number of aliphatic imine (C=N–C) groups is 1. The van der Waals surface area contributed by atoms with Gasteiger partial charge in [-0.1, -0.05) is 22.0 Å². The van der Waals surface area contributed by atoms with Crippen molar-refractivity contribution in [3.05, 3.63) is 34.1 Å². The normalized spacial score (nSPS) is 11.1. The molecule has 26 heavy (non-hydrogen) atoms. The number of hydrogen-bond donors (Lipinski definition) is 3. The molecule has 5 nitrogen and oxygen atoms in total. The summed E-state index contributed by atoms with van der Waals surface area (Å²) < 4.78 is 14.5. The highest BCUT2D eigenvalue weighted by Crippen LogP contribution is 2.16. The van der Waals surface area contributed by atoms with Crippen LogP contribution in [0.1, 0.15) is 39.2 Å². The lowest BCUT2D eigenvalue weighted by molar-refractivity contribution is -0.121. The van der Waals surface area contributed by atoms with Crippen LogP contribution in [-0.2, 0) is 11.2 Å². The van der Waals surface area contributed by atoms with Crippen molar-refractivity contribution in [2.45, 2.75) is 46.1 Å². The molecular formula is C18H29BrFIN4O. The van der Waals surface area contributed by atoms with Gasteiger partial charge in [0.05, 0.1) is 0 Å². The monoisotopic (exact) mass is 542 g/mol. The third kappa shape index (κ3) is 10.9. The first-order valence-electron chi connectivity index (χ1n) is 8.67. The molecule has 0 unspecified atom stereocenters. The molecule has 0 atom stereocenters. The van der Waals surface area contributed by atoms with Gasteiger partial charge < -0.3 is 16.0 Å². The summed E-state index contributed by atoms with van der Waals surface area (Å²) in [6.07, 6.45) is 1.79. The Hall–Kier alpha value is -0.900. The molecule has 148 valence electrons. The number of carbonyl (C=O) groups excluding carboxylic acids is 1. The molecule has 1 aromatic rings. The van der Waals surface area contributed by atoms with Crippen molar-refractivity contribution < 1.29 is 9.18 Å². The molecule has 0 spiro atoms. The molecule has 0 bridgehead atoms. The average molecular weight is 543 g/mol. The third-order valence-corrected chi connectivity index (χ3v) is 3.82. The maximum absolute atomic E-state index is 13.8. The third-order valence-electron chi connectivity index (χ3n) is 3.33. The highest BCUT2D eigenvalue weighted by atomic mass is 127. The van der Waals surface area contributed by atoms with Crippen LogP contribution in [0, 0.1) is 5.82 Å². The molecule has 0 saturated heterocycles. The van der Waals surface area contributed by atoms with E-state index in [1.165, 1.54) is 6.07 Å². The zero-order chi connectivity index (χ0) is 18.7. The van der Waals surface area contributed by atoms with E-state index in [0.29, 0.717) is 37.5 Å². The molecule has 1 amide bonds. The van der Waals surface area contributed by atoms with E-state index < -0.39 is 0 Å². The predicted octanol–water partition coefficient (Wildman–Crippen LogP) is 3.61. The fraction of sp³-hybridized carbons (Fsp3) is 0.556. The van der Waals surface area contributed by atoms with Crippen LogP contribution in [0.3, 0.4) is 0 Å². The molecule has 0 fully saturated rings. The fourth-order valence-corrected chi connectivity index (χ4v) is 2.55. The average Bonchev–Trinajstić information content (AvgIpc) is 2.52. The van der Waals surface area contributed by atoms with Gasteiger partial charge in [-0.2, -0.15) is 0 Å². The lowest BCUT2D eigenvalue weighted by Crippen LogP contribution is -2.40. The van der Waals surface area contributed by atoms with E-state index in [9.17, 15) is 9.18 Å². The van der Waals surface area contributed by atoms with Gasteiger partial charge in [0.15, 0.2) is 5.96 Å². The maximum Gasteiger partial charge on any atom is 0.221 e. The van der Waals surface area contributed by atoms with Gasteiger partial charge in [-0.15, -0.1) is 24.0 Å². The van der Waals surface area contributed by atoms with E-state index in [-0.39, 0.29) is 41.7 Å². The minimum absolute atomic E-state index is 0. The summed E-state index contributed by atoms with van der Waals surface area (Å²) >= 11 is 3.25. The lowest BCUT2D eigenvalue weighted by Gasteiger charge is -2.12. The molecule has 0 aromatic heterocycles. The summed E-state index contributed by atoms with van der Waals surface area (Å²) in [5, 5.41) is 9.13. The summed E-state index contributed by atoms with van der Waals surface area (Å²) in [6, 6.07) is 5.26. The number of carbonyl (C=O) groups is 1. The van der Waals surface area contributed by atoms with Gasteiger partial charge in [0.25, 0.3) is 0 Å². The topological polar surface area (TPSA) is 65.5 Å². The van der Waals surface area contributed by atoms with Gasteiger partial charge in [0, 0.05) is 36.6 Å². The number of aryl methyl sites for hydroxylation is 1. The Morgan fingerprint density at radius 3 is 2.65 bits per heavy atom. The second kappa shape index (κ2) is 14.2. The van der Waals surface area contributed by atoms with Crippen molar-refractivity contribution in [1.82, 2.24) is 16.0 Å². The van der Waals surface area contributed by atoms with E-state index in [2.05, 4.69) is 36.9 Å². The van der Waals surface area contributed by atoms with Crippen LogP contribution in [-0.4, -0.2) is 37.5 Å². The fourth-order valence-electron chi connectivity index (χ4n) is 2.22. The second-order valence-electron chi connectivity index (χ2n) is 6.00. The van der Waals surface area contributed by atoms with Crippen molar-refractivity contribution in [1.29, 1.82) is 0 Å². The van der Waals surface area contributed by atoms with Crippen LogP contribution in [0.5, 0.6) is 0 Å². The number of rotatable bonds is 9. The zero-order valence-electron chi connectivity index (χ0n) is 15.6. The van der Waals surface area contributed by atoms with Gasteiger partial charge in [0.2, 0.25) is 5.91 Å². The van der Waals surface area contributed by atoms with Gasteiger partial charge in [-0.05, 0) is 51.3 Å². The summed E-state index contributed by atoms with van der Waals surface area (Å²) in [6.45, 7) is 7.70. The number of nitrogens with zero attached hydrogens (tertiary/aromatic N) is 1. The summed E-state index contributed by atoms with van der Waals surface area (Å²) in [5.41, 5.74) is 0.696. The maximum atomic E-state index is 13.8. The first-order valence-corrected chi connectivity index (χ1v) is 9.47. The van der Waals surface area contributed by atoms with E-state index >= 15 is 0 Å². The summed E-state index contributed by atoms with van der Waals surface area (Å²) in [4.78, 5) is 16.1. The van der Waals surface area contributed by atoms with Crippen molar-refractivity contribution in [2.24, 2.45) is 4.99 Å². The Morgan fingerprint density at radius 1 is 1.31 bits per heavy atom. The van der Waals surface area contributed by atoms with Crippen molar-refractivity contribution >= 4 is 51.8 Å². The SMILES string of the molecule is CCNC(=NCCCc1ccc(Br)cc1F)NCCC(=O)NC(C)C.I. The Morgan fingerprint density at radius 2 is 2.04 bits per heavy atom. The Kier molecular flexibility index (Phi) is 13.7. The van der Waals surface area contributed by atoms with Gasteiger partial charge in [-0.25, -0.2) is 4.39 Å². The standard InChI is InChI=1S/C18H28BrFN4O.HI/c1-4-21-18(23-11-9-17(25)24-13(2)3)22-10-5-6-14-7-8-15(19)12-16(14)20;/h7-8,12-13H,4-6,9-11H2,1-3H3,(H,24,25)(H2,21,22,23);1H. The van der Waals surface area contributed by atoms with Crippen molar-refractivity contribution in [3.63, 3.8) is 0 Å². The molecule has 0 aliphatic rings. The first-order chi connectivity index (χ1) is 11.9. The first kappa shape index (κ1) is 25.1. The van der Waals surface area contributed by atoms with Crippen LogP contribution in [0.25, 0.3) is 0 Å². The molecule has 0 heterocycles. The van der Waals surface area contributed by atoms with Gasteiger partial charge in [0.1, 0.15) is 5.82 Å². The molecule has 0 aliphatic heterocycles. The molecule has 0 aliphatic carbocycles. The molecular weight excluding hydrogens is 514 g/mol. The van der Waals surface area contributed by atoms with E-state index in [4.69, 9.17) is 0 Å². The quantitative estimate of drug-likeness (QED) is 0.193. The predicted molar refractivity (Wildman–Crippen MR) is 120 cm³/mol. The highest BCUT2D eigenvalue weighted by Gasteiger charge is 2.05. The minimum atomic E-state index is -0.195. The van der Waals surface area contributed by atoms with Crippen LogP contribution >= 0.6 is 39.9 Å². The summed E-state index contributed by atoms with van der Waals surface area (Å²) in [7, 11) is 0. The number of benzene rings is 1. The number of guanidine groups is 1. The Labute approximate surface area is 181 Å². The second-order valence-corrected chi connectivity index (χ2v) is 6.91. The largest absolute Gasteiger partial charge is 0.357 e. The van der Waals surface area contributed by atoms with Crippen molar-refractivity contribution in [2.75, 3.05) is 19.6 Å². The molecule has 0 radical (unpaired) electrons. The Bertz CT molecular complexity index is 584. The highest BCUT2D eigenvalue weighted by molar-refractivity contribution is 14.0. The van der Waals surface area contributed by atoms with E-state index in [1.807, 2.05) is 26.8 Å².